The van der Waals surface area contributed by atoms with Crippen LogP contribution in [0.2, 0.25) is 0 Å². The number of aromatic carboxylic acids is 1. The molecule has 0 atom stereocenters. The number of rotatable bonds is 6. The van der Waals surface area contributed by atoms with E-state index in [0.29, 0.717) is 6.54 Å². The largest absolute Gasteiger partial charge is 0.478 e. The average Bonchev–Trinajstić information content (AvgIpc) is 3.19. The molecule has 0 radical (unpaired) electrons. The lowest BCUT2D eigenvalue weighted by molar-refractivity contribution is 0.0697. The van der Waals surface area contributed by atoms with Gasteiger partial charge < -0.3 is 10.0 Å². The predicted molar refractivity (Wildman–Crippen MR) is 115 cm³/mol. The predicted octanol–water partition coefficient (Wildman–Crippen LogP) is 4.87. The number of carboxylic acid groups (broad SMARTS) is 1. The summed E-state index contributed by atoms with van der Waals surface area (Å²) >= 11 is 0. The Morgan fingerprint density at radius 1 is 0.931 bits per heavy atom. The second kappa shape index (κ2) is 8.02. The molecule has 0 aliphatic heterocycles. The summed E-state index contributed by atoms with van der Waals surface area (Å²) < 4.78 is 1.81. The molecule has 1 aromatic heterocycles. The molecule has 4 rings (SSSR count). The van der Waals surface area contributed by atoms with Crippen LogP contribution in [0.4, 0.5) is 5.69 Å². The summed E-state index contributed by atoms with van der Waals surface area (Å²) in [7, 11) is 2.06. The molecule has 0 bridgehead atoms. The Morgan fingerprint density at radius 3 is 2.17 bits per heavy atom. The summed E-state index contributed by atoms with van der Waals surface area (Å²) in [5.74, 6) is -0.938. The van der Waals surface area contributed by atoms with Crippen molar-refractivity contribution in [3.8, 4) is 16.9 Å². The molecule has 0 aliphatic rings. The second-order valence-electron chi connectivity index (χ2n) is 6.86. The molecule has 5 nitrogen and oxygen atoms in total. The smallest absolute Gasteiger partial charge is 0.335 e. The maximum absolute atomic E-state index is 11.1. The van der Waals surface area contributed by atoms with Crippen molar-refractivity contribution in [2.75, 3.05) is 11.9 Å². The number of carboxylic acids is 1. The van der Waals surface area contributed by atoms with E-state index in [2.05, 4.69) is 24.1 Å². The van der Waals surface area contributed by atoms with Crippen LogP contribution in [0.5, 0.6) is 0 Å². The Morgan fingerprint density at radius 2 is 1.55 bits per heavy atom. The summed E-state index contributed by atoms with van der Waals surface area (Å²) in [6.07, 6.45) is 2.01. The molecule has 0 spiro atoms. The van der Waals surface area contributed by atoms with Gasteiger partial charge in [0.1, 0.15) is 0 Å². The third kappa shape index (κ3) is 4.04. The van der Waals surface area contributed by atoms with E-state index in [1.54, 1.807) is 24.3 Å². The minimum Gasteiger partial charge on any atom is -0.478 e. The molecule has 0 fully saturated rings. The minimum absolute atomic E-state index is 0.258. The summed E-state index contributed by atoms with van der Waals surface area (Å²) in [5, 5.41) is 13.9. The summed E-state index contributed by atoms with van der Waals surface area (Å²) in [6, 6.07) is 27.0. The second-order valence-corrected chi connectivity index (χ2v) is 6.86. The van der Waals surface area contributed by atoms with Crippen molar-refractivity contribution in [2.45, 2.75) is 6.54 Å². The van der Waals surface area contributed by atoms with Crippen LogP contribution in [0.1, 0.15) is 15.9 Å². The van der Waals surface area contributed by atoms with Crippen molar-refractivity contribution < 1.29 is 9.90 Å². The molecule has 4 aromatic rings. The molecule has 0 saturated heterocycles. The monoisotopic (exact) mass is 383 g/mol. The summed E-state index contributed by atoms with van der Waals surface area (Å²) in [5.41, 5.74) is 5.25. The third-order valence-electron chi connectivity index (χ3n) is 4.82. The molecular weight excluding hydrogens is 362 g/mol. The highest BCUT2D eigenvalue weighted by Crippen LogP contribution is 2.26. The molecule has 0 aliphatic carbocycles. The van der Waals surface area contributed by atoms with Crippen molar-refractivity contribution in [3.63, 3.8) is 0 Å². The van der Waals surface area contributed by atoms with Gasteiger partial charge in [0.05, 0.1) is 16.9 Å². The van der Waals surface area contributed by atoms with Crippen molar-refractivity contribution in [1.29, 1.82) is 0 Å². The van der Waals surface area contributed by atoms with Crippen LogP contribution in [0.15, 0.2) is 91.1 Å². The Hall–Kier alpha value is -3.86. The molecule has 3 aromatic carbocycles. The molecule has 1 N–H and O–H groups in total. The number of anilines is 1. The van der Waals surface area contributed by atoms with Crippen LogP contribution >= 0.6 is 0 Å². The van der Waals surface area contributed by atoms with Gasteiger partial charge in [-0.3, -0.25) is 0 Å². The Bertz CT molecular complexity index is 1100. The van der Waals surface area contributed by atoms with Gasteiger partial charge in [-0.05, 0) is 36.4 Å². The van der Waals surface area contributed by atoms with Gasteiger partial charge in [0.25, 0.3) is 0 Å². The Labute approximate surface area is 169 Å². The van der Waals surface area contributed by atoms with Gasteiger partial charge in [-0.1, -0.05) is 48.5 Å². The van der Waals surface area contributed by atoms with Gasteiger partial charge in [0, 0.05) is 36.6 Å². The fraction of sp³-hybridized carbons (Fsp3) is 0.0833. The third-order valence-corrected chi connectivity index (χ3v) is 4.82. The number of carbonyl (C=O) groups is 1. The maximum Gasteiger partial charge on any atom is 0.335 e. The van der Waals surface area contributed by atoms with Crippen LogP contribution < -0.4 is 4.90 Å². The molecule has 0 saturated carbocycles. The zero-order chi connectivity index (χ0) is 20.2. The van der Waals surface area contributed by atoms with Crippen LogP contribution in [0, 0.1) is 0 Å². The molecule has 1 heterocycles. The molecule has 144 valence electrons. The number of aromatic nitrogens is 2. The minimum atomic E-state index is -0.938. The van der Waals surface area contributed by atoms with Gasteiger partial charge >= 0.3 is 5.97 Å². The zero-order valence-electron chi connectivity index (χ0n) is 16.1. The number of para-hydroxylation sites is 1. The highest BCUT2D eigenvalue weighted by atomic mass is 16.4. The highest BCUT2D eigenvalue weighted by molar-refractivity contribution is 5.87. The SMILES string of the molecule is CN(Cc1cn(-c2ccc(C(=O)O)cc2)nc1-c1ccccc1)c1ccccc1. The van der Waals surface area contributed by atoms with Crippen molar-refractivity contribution in [2.24, 2.45) is 0 Å². The zero-order valence-corrected chi connectivity index (χ0v) is 16.1. The molecular formula is C24H21N3O2. The van der Waals surface area contributed by atoms with Crippen molar-refractivity contribution in [3.05, 3.63) is 102 Å². The number of hydrogen-bond donors (Lipinski definition) is 1. The topological polar surface area (TPSA) is 58.4 Å². The van der Waals surface area contributed by atoms with E-state index >= 15 is 0 Å². The van der Waals surface area contributed by atoms with Crippen LogP contribution in [0.25, 0.3) is 16.9 Å². The first-order valence-corrected chi connectivity index (χ1v) is 9.36. The van der Waals surface area contributed by atoms with Gasteiger partial charge in [-0.25, -0.2) is 9.48 Å². The van der Waals surface area contributed by atoms with Gasteiger partial charge in [0.15, 0.2) is 0 Å². The molecule has 29 heavy (non-hydrogen) atoms. The number of nitrogens with zero attached hydrogens (tertiary/aromatic N) is 3. The molecule has 5 heteroatoms. The normalized spacial score (nSPS) is 10.7. The van der Waals surface area contributed by atoms with Crippen LogP contribution in [0.3, 0.4) is 0 Å². The lowest BCUT2D eigenvalue weighted by Crippen LogP contribution is -2.16. The lowest BCUT2D eigenvalue weighted by Gasteiger charge is -2.19. The van der Waals surface area contributed by atoms with Crippen molar-refractivity contribution >= 4 is 11.7 Å². The number of hydrogen-bond acceptors (Lipinski definition) is 3. The van der Waals surface area contributed by atoms with E-state index in [9.17, 15) is 4.79 Å². The summed E-state index contributed by atoms with van der Waals surface area (Å²) in [4.78, 5) is 13.3. The fourth-order valence-corrected chi connectivity index (χ4v) is 3.28. The van der Waals surface area contributed by atoms with E-state index < -0.39 is 5.97 Å². The standard InChI is InChI=1S/C24H21N3O2/c1-26(21-10-6-3-7-11-21)16-20-17-27(22-14-12-19(13-15-22)24(28)29)25-23(20)18-8-4-2-5-9-18/h2-15,17H,16H2,1H3,(H,28,29). The van der Waals surface area contributed by atoms with E-state index in [1.165, 1.54) is 0 Å². The lowest BCUT2D eigenvalue weighted by atomic mass is 10.1. The van der Waals surface area contributed by atoms with E-state index in [1.807, 2.05) is 59.4 Å². The van der Waals surface area contributed by atoms with Crippen LogP contribution in [-0.2, 0) is 6.54 Å². The fourth-order valence-electron chi connectivity index (χ4n) is 3.28. The summed E-state index contributed by atoms with van der Waals surface area (Å²) in [6.45, 7) is 0.696. The average molecular weight is 383 g/mol. The van der Waals surface area contributed by atoms with Crippen molar-refractivity contribution in [1.82, 2.24) is 9.78 Å². The number of benzene rings is 3. The van der Waals surface area contributed by atoms with E-state index in [0.717, 1.165) is 28.2 Å². The first-order valence-electron chi connectivity index (χ1n) is 9.36. The highest BCUT2D eigenvalue weighted by Gasteiger charge is 2.14. The maximum atomic E-state index is 11.1. The van der Waals surface area contributed by atoms with Gasteiger partial charge in [-0.15, -0.1) is 0 Å². The van der Waals surface area contributed by atoms with E-state index in [-0.39, 0.29) is 5.56 Å². The van der Waals surface area contributed by atoms with Crippen LogP contribution in [-0.4, -0.2) is 27.9 Å². The first-order chi connectivity index (χ1) is 14.1. The Balaban J connectivity index is 1.72. The molecule has 0 amide bonds. The van der Waals surface area contributed by atoms with E-state index in [4.69, 9.17) is 10.2 Å². The first kappa shape index (κ1) is 18.5. The van der Waals surface area contributed by atoms with Gasteiger partial charge in [0.2, 0.25) is 0 Å². The van der Waals surface area contributed by atoms with Gasteiger partial charge in [-0.2, -0.15) is 5.10 Å². The Kier molecular flexibility index (Phi) is 5.12. The molecule has 0 unspecified atom stereocenters. The quantitative estimate of drug-likeness (QED) is 0.516.